The van der Waals surface area contributed by atoms with Crippen LogP contribution < -0.4 is 5.32 Å². The van der Waals surface area contributed by atoms with Crippen molar-refractivity contribution >= 4 is 28.3 Å². The molecule has 3 heterocycles. The lowest BCUT2D eigenvalue weighted by Gasteiger charge is -2.07. The summed E-state index contributed by atoms with van der Waals surface area (Å²) >= 11 is 0. The first-order valence-corrected chi connectivity index (χ1v) is 8.41. The smallest absolute Gasteiger partial charge is 0.257 e. The fourth-order valence-electron chi connectivity index (χ4n) is 3.05. The van der Waals surface area contributed by atoms with Crippen LogP contribution in [0.3, 0.4) is 0 Å². The Morgan fingerprint density at radius 1 is 1.07 bits per heavy atom. The van der Waals surface area contributed by atoms with Gasteiger partial charge in [-0.05, 0) is 24.3 Å². The number of H-pyrrole nitrogens is 1. The van der Waals surface area contributed by atoms with Crippen molar-refractivity contribution < 1.29 is 4.79 Å². The maximum atomic E-state index is 12.6. The minimum atomic E-state index is -0.186. The fourth-order valence-corrected chi connectivity index (χ4v) is 3.05. The molecule has 2 aromatic carbocycles. The fraction of sp³-hybridized carbons (Fsp3) is 0. The quantitative estimate of drug-likeness (QED) is 0.519. The van der Waals surface area contributed by atoms with Crippen LogP contribution in [0, 0.1) is 0 Å². The van der Waals surface area contributed by atoms with Crippen LogP contribution >= 0.6 is 0 Å². The molecular weight excluding hydrogens is 340 g/mol. The number of aromatic nitrogens is 5. The van der Waals surface area contributed by atoms with E-state index in [1.165, 1.54) is 0 Å². The van der Waals surface area contributed by atoms with E-state index in [-0.39, 0.29) is 5.91 Å². The summed E-state index contributed by atoms with van der Waals surface area (Å²) in [6, 6.07) is 14.9. The molecule has 130 valence electrons. The number of carbonyl (C=O) groups excluding carboxylic acids is 1. The first-order valence-electron chi connectivity index (χ1n) is 8.41. The largest absolute Gasteiger partial charge is 0.322 e. The molecule has 0 bridgehead atoms. The number of fused-ring (bicyclic) bond motifs is 2. The van der Waals surface area contributed by atoms with E-state index in [0.29, 0.717) is 17.0 Å². The van der Waals surface area contributed by atoms with E-state index in [1.807, 2.05) is 59.3 Å². The van der Waals surface area contributed by atoms with E-state index in [9.17, 15) is 4.79 Å². The van der Waals surface area contributed by atoms with Crippen LogP contribution in [0.5, 0.6) is 0 Å². The Labute approximate surface area is 153 Å². The molecule has 0 aliphatic carbocycles. The predicted octanol–water partition coefficient (Wildman–Crippen LogP) is 3.52. The van der Waals surface area contributed by atoms with Crippen LogP contribution in [-0.2, 0) is 0 Å². The monoisotopic (exact) mass is 354 g/mol. The number of hydrogen-bond acceptors (Lipinski definition) is 4. The number of carbonyl (C=O) groups is 1. The van der Waals surface area contributed by atoms with Gasteiger partial charge in [0.2, 0.25) is 5.78 Å². The highest BCUT2D eigenvalue weighted by Crippen LogP contribution is 2.22. The van der Waals surface area contributed by atoms with Crippen LogP contribution in [0.4, 0.5) is 5.69 Å². The summed E-state index contributed by atoms with van der Waals surface area (Å²) < 4.78 is 1.87. The van der Waals surface area contributed by atoms with Crippen molar-refractivity contribution in [2.75, 3.05) is 5.32 Å². The number of hydrogen-bond donors (Lipinski definition) is 2. The number of benzene rings is 2. The number of para-hydroxylation sites is 1. The van der Waals surface area contributed by atoms with Crippen LogP contribution in [0.2, 0.25) is 0 Å². The van der Waals surface area contributed by atoms with Gasteiger partial charge in [0.25, 0.3) is 5.91 Å². The summed E-state index contributed by atoms with van der Waals surface area (Å²) in [5.41, 5.74) is 3.77. The number of rotatable bonds is 3. The first kappa shape index (κ1) is 15.3. The number of nitrogens with one attached hydrogen (secondary N) is 2. The SMILES string of the molecule is O=C(Nc1ccc(-c2cn3cccnc3n2)cc1)c1cccc2cn[nH]c12. The lowest BCUT2D eigenvalue weighted by Crippen LogP contribution is -2.12. The van der Waals surface area contributed by atoms with Gasteiger partial charge in [-0.1, -0.05) is 24.3 Å². The number of nitrogens with zero attached hydrogens (tertiary/aromatic N) is 4. The maximum absolute atomic E-state index is 12.6. The molecule has 7 nitrogen and oxygen atoms in total. The van der Waals surface area contributed by atoms with Gasteiger partial charge in [-0.3, -0.25) is 14.3 Å². The van der Waals surface area contributed by atoms with Crippen molar-refractivity contribution in [1.82, 2.24) is 24.6 Å². The van der Waals surface area contributed by atoms with E-state index in [2.05, 4.69) is 25.5 Å². The zero-order valence-electron chi connectivity index (χ0n) is 14.1. The zero-order chi connectivity index (χ0) is 18.2. The van der Waals surface area contributed by atoms with Gasteiger partial charge in [0.15, 0.2) is 0 Å². The molecule has 0 radical (unpaired) electrons. The minimum absolute atomic E-state index is 0.186. The van der Waals surface area contributed by atoms with Gasteiger partial charge < -0.3 is 5.32 Å². The van der Waals surface area contributed by atoms with Gasteiger partial charge >= 0.3 is 0 Å². The second-order valence-electron chi connectivity index (χ2n) is 6.12. The highest BCUT2D eigenvalue weighted by atomic mass is 16.1. The molecule has 0 unspecified atom stereocenters. The third-order valence-corrected chi connectivity index (χ3v) is 4.40. The zero-order valence-corrected chi connectivity index (χ0v) is 14.1. The third-order valence-electron chi connectivity index (χ3n) is 4.40. The van der Waals surface area contributed by atoms with Crippen LogP contribution in [0.25, 0.3) is 27.9 Å². The molecule has 1 amide bonds. The van der Waals surface area contributed by atoms with Gasteiger partial charge in [0, 0.05) is 35.2 Å². The molecule has 3 aromatic heterocycles. The molecule has 0 saturated heterocycles. The minimum Gasteiger partial charge on any atom is -0.322 e. The van der Waals surface area contributed by atoms with Crippen LogP contribution in [-0.4, -0.2) is 30.5 Å². The van der Waals surface area contributed by atoms with Gasteiger partial charge in [0.1, 0.15) is 0 Å². The molecule has 0 fully saturated rings. The molecule has 0 saturated carbocycles. The number of amides is 1. The number of anilines is 1. The van der Waals surface area contributed by atoms with Crippen molar-refractivity contribution in [2.24, 2.45) is 0 Å². The average molecular weight is 354 g/mol. The Morgan fingerprint density at radius 3 is 2.81 bits per heavy atom. The van der Waals surface area contributed by atoms with Crippen molar-refractivity contribution in [3.05, 3.63) is 78.9 Å². The van der Waals surface area contributed by atoms with Crippen molar-refractivity contribution in [1.29, 1.82) is 0 Å². The highest BCUT2D eigenvalue weighted by Gasteiger charge is 2.12. The second kappa shape index (κ2) is 6.06. The number of imidazole rings is 1. The lowest BCUT2D eigenvalue weighted by molar-refractivity contribution is 0.102. The van der Waals surface area contributed by atoms with Crippen molar-refractivity contribution in [3.63, 3.8) is 0 Å². The molecule has 27 heavy (non-hydrogen) atoms. The maximum Gasteiger partial charge on any atom is 0.257 e. The summed E-state index contributed by atoms with van der Waals surface area (Å²) in [5, 5.41) is 10.7. The Hall–Kier alpha value is -4.00. The van der Waals surface area contributed by atoms with E-state index in [0.717, 1.165) is 22.2 Å². The summed E-state index contributed by atoms with van der Waals surface area (Å²) in [7, 11) is 0. The summed E-state index contributed by atoms with van der Waals surface area (Å²) in [6.07, 6.45) is 7.24. The molecule has 0 aliphatic rings. The highest BCUT2D eigenvalue weighted by molar-refractivity contribution is 6.11. The van der Waals surface area contributed by atoms with Gasteiger partial charge in [0.05, 0.1) is 23.0 Å². The predicted molar refractivity (Wildman–Crippen MR) is 102 cm³/mol. The van der Waals surface area contributed by atoms with Crippen molar-refractivity contribution in [2.45, 2.75) is 0 Å². The van der Waals surface area contributed by atoms with Crippen LogP contribution in [0.1, 0.15) is 10.4 Å². The standard InChI is InChI=1S/C20H14N6O/c27-19(16-4-1-3-14-11-22-25-18(14)16)23-15-7-5-13(6-8-15)17-12-26-10-2-9-21-20(26)24-17/h1-12H,(H,22,25)(H,23,27). The molecule has 0 atom stereocenters. The average Bonchev–Trinajstić information content (AvgIpc) is 3.35. The molecule has 0 aliphatic heterocycles. The van der Waals surface area contributed by atoms with Crippen LogP contribution in [0.15, 0.2) is 73.3 Å². The van der Waals surface area contributed by atoms with E-state index in [4.69, 9.17) is 0 Å². The van der Waals surface area contributed by atoms with E-state index >= 15 is 0 Å². The topological polar surface area (TPSA) is 88.0 Å². The third kappa shape index (κ3) is 2.71. The number of aromatic amines is 1. The lowest BCUT2D eigenvalue weighted by atomic mass is 10.1. The normalized spacial score (nSPS) is 11.1. The summed E-state index contributed by atoms with van der Waals surface area (Å²) in [6.45, 7) is 0. The summed E-state index contributed by atoms with van der Waals surface area (Å²) in [4.78, 5) is 21.3. The Morgan fingerprint density at radius 2 is 1.96 bits per heavy atom. The van der Waals surface area contributed by atoms with Gasteiger partial charge in [-0.2, -0.15) is 5.10 Å². The van der Waals surface area contributed by atoms with Gasteiger partial charge in [-0.15, -0.1) is 0 Å². The Balaban J connectivity index is 1.40. The second-order valence-corrected chi connectivity index (χ2v) is 6.12. The van der Waals surface area contributed by atoms with E-state index in [1.54, 1.807) is 18.5 Å². The Kier molecular flexibility index (Phi) is 3.43. The molecule has 5 rings (SSSR count). The van der Waals surface area contributed by atoms with Gasteiger partial charge in [-0.25, -0.2) is 9.97 Å². The molecule has 5 aromatic rings. The summed E-state index contributed by atoms with van der Waals surface area (Å²) in [5.74, 6) is 0.465. The molecule has 2 N–H and O–H groups in total. The molecular formula is C20H14N6O. The molecule has 0 spiro atoms. The molecule has 7 heteroatoms. The Bertz CT molecular complexity index is 1240. The van der Waals surface area contributed by atoms with E-state index < -0.39 is 0 Å². The van der Waals surface area contributed by atoms with Crippen molar-refractivity contribution in [3.8, 4) is 11.3 Å². The first-order chi connectivity index (χ1) is 13.3.